The second-order valence-electron chi connectivity index (χ2n) is 9.04. The van der Waals surface area contributed by atoms with E-state index in [-0.39, 0.29) is 27.9 Å². The summed E-state index contributed by atoms with van der Waals surface area (Å²) < 4.78 is 40.8. The molecule has 0 unspecified atom stereocenters. The first-order valence-corrected chi connectivity index (χ1v) is 14.0. The van der Waals surface area contributed by atoms with Crippen LogP contribution in [-0.4, -0.2) is 30.2 Å². The Morgan fingerprint density at radius 2 is 1.71 bits per heavy atom. The summed E-state index contributed by atoms with van der Waals surface area (Å²) >= 11 is 6.24. The lowest BCUT2D eigenvalue weighted by Crippen LogP contribution is -2.32. The van der Waals surface area contributed by atoms with Crippen LogP contribution < -0.4 is 20.5 Å². The van der Waals surface area contributed by atoms with E-state index in [4.69, 9.17) is 21.1 Å². The van der Waals surface area contributed by atoms with E-state index in [2.05, 4.69) is 5.32 Å². The minimum Gasteiger partial charge on any atom is -0.495 e. The van der Waals surface area contributed by atoms with Crippen LogP contribution in [0.5, 0.6) is 11.5 Å². The lowest BCUT2D eigenvalue weighted by atomic mass is 9.95. The van der Waals surface area contributed by atoms with E-state index in [9.17, 15) is 18.0 Å². The van der Waals surface area contributed by atoms with Crippen molar-refractivity contribution in [3.05, 3.63) is 82.2 Å². The first kappa shape index (κ1) is 25.9. The smallest absolute Gasteiger partial charge is 0.417 e. The van der Waals surface area contributed by atoms with Gasteiger partial charge in [-0.1, -0.05) is 49.1 Å². The molecule has 1 aromatic heterocycles. The summed E-state index contributed by atoms with van der Waals surface area (Å²) in [4.78, 5) is 25.8. The molecule has 1 fully saturated rings. The van der Waals surface area contributed by atoms with E-state index in [1.807, 2.05) is 0 Å². The van der Waals surface area contributed by atoms with Crippen LogP contribution in [0.1, 0.15) is 38.1 Å². The molecule has 0 aliphatic heterocycles. The Morgan fingerprint density at radius 1 is 0.974 bits per heavy atom. The SMILES string of the molecule is COc1cc(NC(=O)Oc2ccccc2)ccc1S(=O)(=O)n1c(=O)n(C2CCCCC2)c2cc(Cl)ccc21. The quantitative estimate of drug-likeness (QED) is 0.321. The number of benzene rings is 3. The summed E-state index contributed by atoms with van der Waals surface area (Å²) in [6.45, 7) is 0. The predicted octanol–water partition coefficient (Wildman–Crippen LogP) is 5.82. The molecule has 198 valence electrons. The number of methoxy groups -OCH3 is 1. The molecule has 38 heavy (non-hydrogen) atoms. The molecule has 1 heterocycles. The summed E-state index contributed by atoms with van der Waals surface area (Å²) in [6, 6.07) is 17.2. The fraction of sp³-hybridized carbons (Fsp3) is 0.259. The Hall–Kier alpha value is -3.76. The second-order valence-corrected chi connectivity index (χ2v) is 11.2. The van der Waals surface area contributed by atoms with E-state index in [1.54, 1.807) is 47.0 Å². The Morgan fingerprint density at radius 3 is 2.42 bits per heavy atom. The van der Waals surface area contributed by atoms with Gasteiger partial charge in [0.2, 0.25) is 0 Å². The van der Waals surface area contributed by atoms with Gasteiger partial charge in [0.1, 0.15) is 16.4 Å². The molecular weight excluding hydrogens is 530 g/mol. The molecule has 1 saturated carbocycles. The van der Waals surface area contributed by atoms with Crippen LogP contribution in [-0.2, 0) is 10.0 Å². The maximum absolute atomic E-state index is 13.9. The third-order valence-corrected chi connectivity index (χ3v) is 8.58. The number of nitrogens with one attached hydrogen (secondary N) is 1. The normalized spacial score (nSPS) is 14.4. The van der Waals surface area contributed by atoms with E-state index in [1.165, 1.54) is 31.4 Å². The van der Waals surface area contributed by atoms with Gasteiger partial charge in [-0.3, -0.25) is 9.88 Å². The summed E-state index contributed by atoms with van der Waals surface area (Å²) in [7, 11) is -3.08. The summed E-state index contributed by atoms with van der Waals surface area (Å²) in [6.07, 6.45) is 3.83. The van der Waals surface area contributed by atoms with Gasteiger partial charge in [0.05, 0.1) is 18.1 Å². The molecule has 1 amide bonds. The van der Waals surface area contributed by atoms with Crippen molar-refractivity contribution in [2.24, 2.45) is 0 Å². The number of nitrogens with zero attached hydrogens (tertiary/aromatic N) is 2. The van der Waals surface area contributed by atoms with Crippen LogP contribution in [0.25, 0.3) is 11.0 Å². The highest BCUT2D eigenvalue weighted by Gasteiger charge is 2.31. The molecule has 0 atom stereocenters. The highest BCUT2D eigenvalue weighted by Crippen LogP contribution is 2.34. The van der Waals surface area contributed by atoms with Gasteiger partial charge in [-0.05, 0) is 55.3 Å². The topological polar surface area (TPSA) is 109 Å². The minimum atomic E-state index is -4.39. The Labute approximate surface area is 224 Å². The van der Waals surface area contributed by atoms with Crippen molar-refractivity contribution >= 4 is 44.4 Å². The van der Waals surface area contributed by atoms with E-state index >= 15 is 0 Å². The van der Waals surface area contributed by atoms with Gasteiger partial charge in [0.15, 0.2) is 0 Å². The second kappa shape index (κ2) is 10.5. The third kappa shape index (κ3) is 4.89. The zero-order valence-electron chi connectivity index (χ0n) is 20.6. The molecule has 1 aliphatic carbocycles. The number of carbonyl (C=O) groups is 1. The lowest BCUT2D eigenvalue weighted by molar-refractivity contribution is 0.215. The Balaban J connectivity index is 1.54. The molecule has 0 bridgehead atoms. The van der Waals surface area contributed by atoms with Gasteiger partial charge in [-0.15, -0.1) is 0 Å². The van der Waals surface area contributed by atoms with Crippen molar-refractivity contribution in [1.82, 2.24) is 8.54 Å². The van der Waals surface area contributed by atoms with Crippen molar-refractivity contribution < 1.29 is 22.7 Å². The van der Waals surface area contributed by atoms with Crippen LogP contribution in [0.2, 0.25) is 5.02 Å². The fourth-order valence-electron chi connectivity index (χ4n) is 4.89. The Bertz CT molecular complexity index is 1660. The largest absolute Gasteiger partial charge is 0.495 e. The number of anilines is 1. The monoisotopic (exact) mass is 555 g/mol. The van der Waals surface area contributed by atoms with E-state index in [0.717, 1.165) is 36.1 Å². The van der Waals surface area contributed by atoms with Gasteiger partial charge < -0.3 is 9.47 Å². The molecule has 0 radical (unpaired) electrons. The molecule has 3 aromatic carbocycles. The highest BCUT2D eigenvalue weighted by molar-refractivity contribution is 7.90. The summed E-state index contributed by atoms with van der Waals surface area (Å²) in [5.41, 5.74) is 0.315. The van der Waals surface area contributed by atoms with Crippen LogP contribution in [0.3, 0.4) is 0 Å². The maximum atomic E-state index is 13.9. The third-order valence-electron chi connectivity index (χ3n) is 6.62. The van der Waals surface area contributed by atoms with Gasteiger partial charge >= 0.3 is 11.8 Å². The number of rotatable bonds is 6. The average molecular weight is 556 g/mol. The summed E-state index contributed by atoms with van der Waals surface area (Å²) in [5.74, 6) is 0.312. The zero-order valence-corrected chi connectivity index (χ0v) is 22.2. The van der Waals surface area contributed by atoms with E-state index in [0.29, 0.717) is 16.3 Å². The number of carbonyl (C=O) groups excluding carboxylic acids is 1. The van der Waals surface area contributed by atoms with Gasteiger partial charge in [0.25, 0.3) is 10.0 Å². The molecule has 11 heteroatoms. The number of hydrogen-bond donors (Lipinski definition) is 1. The number of aromatic nitrogens is 2. The Kier molecular flexibility index (Phi) is 7.18. The maximum Gasteiger partial charge on any atom is 0.417 e. The van der Waals surface area contributed by atoms with Crippen molar-refractivity contribution in [2.75, 3.05) is 12.4 Å². The molecular formula is C27H26ClN3O6S. The number of fused-ring (bicyclic) bond motifs is 1. The first-order valence-electron chi connectivity index (χ1n) is 12.2. The number of halogens is 1. The van der Waals surface area contributed by atoms with Crippen molar-refractivity contribution in [1.29, 1.82) is 0 Å². The van der Waals surface area contributed by atoms with Crippen LogP contribution in [0.4, 0.5) is 10.5 Å². The van der Waals surface area contributed by atoms with Gasteiger partial charge in [-0.2, -0.15) is 3.97 Å². The zero-order chi connectivity index (χ0) is 26.9. The first-order chi connectivity index (χ1) is 18.3. The van der Waals surface area contributed by atoms with Crippen molar-refractivity contribution in [2.45, 2.75) is 43.0 Å². The number of ether oxygens (including phenoxy) is 2. The minimum absolute atomic E-state index is 0.0399. The van der Waals surface area contributed by atoms with Crippen LogP contribution in [0, 0.1) is 0 Å². The molecule has 4 aromatic rings. The van der Waals surface area contributed by atoms with Gasteiger partial charge in [-0.25, -0.2) is 18.0 Å². The predicted molar refractivity (Wildman–Crippen MR) is 145 cm³/mol. The standard InChI is InChI=1S/C27H26ClN3O6S/c1-36-24-17-19(29-26(32)37-21-10-6-3-7-11-21)13-15-25(24)38(34,35)31-22-14-12-18(28)16-23(22)30(27(31)33)20-8-4-2-5-9-20/h3,6-7,10-17,20H,2,4-5,8-9H2,1H3,(H,29,32). The fourth-order valence-corrected chi connectivity index (χ4v) is 6.59. The number of hydrogen-bond acceptors (Lipinski definition) is 6. The lowest BCUT2D eigenvalue weighted by Gasteiger charge is -2.22. The highest BCUT2D eigenvalue weighted by atomic mass is 35.5. The number of para-hydroxylation sites is 1. The van der Waals surface area contributed by atoms with Gasteiger partial charge in [0, 0.05) is 22.8 Å². The molecule has 0 spiro atoms. The molecule has 9 nitrogen and oxygen atoms in total. The molecule has 5 rings (SSSR count). The van der Waals surface area contributed by atoms with Crippen molar-refractivity contribution in [3.8, 4) is 11.5 Å². The van der Waals surface area contributed by atoms with Crippen molar-refractivity contribution in [3.63, 3.8) is 0 Å². The summed E-state index contributed by atoms with van der Waals surface area (Å²) in [5, 5.41) is 2.96. The van der Waals surface area contributed by atoms with Crippen LogP contribution in [0.15, 0.2) is 76.4 Å². The molecule has 0 saturated heterocycles. The van der Waals surface area contributed by atoms with E-state index < -0.39 is 21.8 Å². The number of amides is 1. The average Bonchev–Trinajstić information content (AvgIpc) is 3.20. The molecule has 1 N–H and O–H groups in total. The molecule has 1 aliphatic rings. The number of imidazole rings is 1. The van der Waals surface area contributed by atoms with Crippen LogP contribution >= 0.6 is 11.6 Å².